The van der Waals surface area contributed by atoms with Crippen LogP contribution in [0.2, 0.25) is 0 Å². The Morgan fingerprint density at radius 1 is 1.29 bits per heavy atom. The molecule has 0 aliphatic rings. The second-order valence-electron chi connectivity index (χ2n) is 3.23. The van der Waals surface area contributed by atoms with Gasteiger partial charge < -0.3 is 0 Å². The molecule has 88 valence electrons. The Bertz CT molecular complexity index is 534. The zero-order chi connectivity index (χ0) is 12.5. The van der Waals surface area contributed by atoms with Gasteiger partial charge in [-0.1, -0.05) is 0 Å². The highest BCUT2D eigenvalue weighted by Crippen LogP contribution is 2.33. The molecule has 0 aliphatic carbocycles. The molecule has 0 unspecified atom stereocenters. The SMILES string of the molecule is O=Cc1ccc(-n2cncn2)c(C(F)(F)F)c1. The summed E-state index contributed by atoms with van der Waals surface area (Å²) in [7, 11) is 0. The Morgan fingerprint density at radius 3 is 2.59 bits per heavy atom. The number of carbonyl (C=O) groups is 1. The number of rotatable bonds is 2. The van der Waals surface area contributed by atoms with Crippen molar-refractivity contribution in [3.63, 3.8) is 0 Å². The standard InChI is InChI=1S/C10H6F3N3O/c11-10(12,13)8-3-7(4-17)1-2-9(8)16-6-14-5-15-16/h1-6H. The lowest BCUT2D eigenvalue weighted by Crippen LogP contribution is -2.11. The number of alkyl halides is 3. The Balaban J connectivity index is 2.63. The quantitative estimate of drug-likeness (QED) is 0.756. The molecule has 1 aromatic heterocycles. The van der Waals surface area contributed by atoms with Gasteiger partial charge in [0.15, 0.2) is 0 Å². The minimum atomic E-state index is -4.56. The number of benzene rings is 1. The highest BCUT2D eigenvalue weighted by molar-refractivity contribution is 5.76. The van der Waals surface area contributed by atoms with Crippen LogP contribution in [0.1, 0.15) is 15.9 Å². The first-order chi connectivity index (χ1) is 8.02. The Morgan fingerprint density at radius 2 is 2.06 bits per heavy atom. The molecule has 1 aromatic carbocycles. The predicted octanol–water partition coefficient (Wildman–Crippen LogP) is 2.10. The summed E-state index contributed by atoms with van der Waals surface area (Å²) in [6.07, 6.45) is -1.90. The molecule has 4 nitrogen and oxygen atoms in total. The number of nitrogens with zero attached hydrogens (tertiary/aromatic N) is 3. The third-order valence-corrected chi connectivity index (χ3v) is 2.13. The topological polar surface area (TPSA) is 47.8 Å². The van der Waals surface area contributed by atoms with Gasteiger partial charge in [-0.15, -0.1) is 0 Å². The van der Waals surface area contributed by atoms with Crippen molar-refractivity contribution in [3.05, 3.63) is 42.0 Å². The molecule has 0 bridgehead atoms. The van der Waals surface area contributed by atoms with E-state index in [-0.39, 0.29) is 11.3 Å². The van der Waals surface area contributed by atoms with E-state index in [0.29, 0.717) is 6.29 Å². The summed E-state index contributed by atoms with van der Waals surface area (Å²) in [4.78, 5) is 14.1. The average Bonchev–Trinajstić information content (AvgIpc) is 2.80. The fourth-order valence-corrected chi connectivity index (χ4v) is 1.39. The van der Waals surface area contributed by atoms with Crippen molar-refractivity contribution in [3.8, 4) is 5.69 Å². The lowest BCUT2D eigenvalue weighted by atomic mass is 10.1. The first-order valence-corrected chi connectivity index (χ1v) is 4.54. The molecule has 0 radical (unpaired) electrons. The van der Waals surface area contributed by atoms with Gasteiger partial charge in [-0.25, -0.2) is 9.67 Å². The maximum absolute atomic E-state index is 12.8. The van der Waals surface area contributed by atoms with Crippen LogP contribution in [0.15, 0.2) is 30.9 Å². The fourth-order valence-electron chi connectivity index (χ4n) is 1.39. The van der Waals surface area contributed by atoms with Crippen molar-refractivity contribution in [1.29, 1.82) is 0 Å². The molecule has 1 heterocycles. The van der Waals surface area contributed by atoms with E-state index in [9.17, 15) is 18.0 Å². The van der Waals surface area contributed by atoms with Gasteiger partial charge in [0.05, 0.1) is 11.3 Å². The van der Waals surface area contributed by atoms with Crippen molar-refractivity contribution in [1.82, 2.24) is 14.8 Å². The molecule has 7 heteroatoms. The first kappa shape index (κ1) is 11.3. The Hall–Kier alpha value is -2.18. The number of aromatic nitrogens is 3. The normalized spacial score (nSPS) is 11.5. The molecule has 0 fully saturated rings. The van der Waals surface area contributed by atoms with Gasteiger partial charge in [0, 0.05) is 5.56 Å². The summed E-state index contributed by atoms with van der Waals surface area (Å²) in [5.74, 6) is 0. The summed E-state index contributed by atoms with van der Waals surface area (Å²) >= 11 is 0. The van der Waals surface area contributed by atoms with Gasteiger partial charge in [-0.05, 0) is 18.2 Å². The minimum absolute atomic E-state index is 0.0406. The number of hydrogen-bond acceptors (Lipinski definition) is 3. The fraction of sp³-hybridized carbons (Fsp3) is 0.100. The Labute approximate surface area is 93.7 Å². The Kier molecular flexibility index (Phi) is 2.66. The summed E-state index contributed by atoms with van der Waals surface area (Å²) < 4.78 is 39.3. The van der Waals surface area contributed by atoms with E-state index < -0.39 is 11.7 Å². The van der Waals surface area contributed by atoms with Crippen LogP contribution in [0, 0.1) is 0 Å². The maximum Gasteiger partial charge on any atom is 0.418 e. The lowest BCUT2D eigenvalue weighted by Gasteiger charge is -2.12. The summed E-state index contributed by atoms with van der Waals surface area (Å²) in [5.41, 5.74) is -1.13. The van der Waals surface area contributed by atoms with E-state index in [2.05, 4.69) is 10.1 Å². The van der Waals surface area contributed by atoms with Crippen molar-refractivity contribution in [2.24, 2.45) is 0 Å². The molecule has 0 aliphatic heterocycles. The number of carbonyl (C=O) groups excluding carboxylic acids is 1. The summed E-state index contributed by atoms with van der Waals surface area (Å²) in [5, 5.41) is 3.63. The highest BCUT2D eigenvalue weighted by atomic mass is 19.4. The maximum atomic E-state index is 12.8. The second-order valence-corrected chi connectivity index (χ2v) is 3.23. The first-order valence-electron chi connectivity index (χ1n) is 4.54. The molecule has 0 saturated heterocycles. The predicted molar refractivity (Wildman–Crippen MR) is 51.7 cm³/mol. The summed E-state index contributed by atoms with van der Waals surface area (Å²) in [6, 6.07) is 3.25. The molecule has 2 rings (SSSR count). The van der Waals surface area contributed by atoms with E-state index in [1.165, 1.54) is 12.1 Å². The van der Waals surface area contributed by atoms with E-state index >= 15 is 0 Å². The van der Waals surface area contributed by atoms with Crippen LogP contribution in [0.4, 0.5) is 13.2 Å². The van der Waals surface area contributed by atoms with Crippen LogP contribution in [-0.2, 0) is 6.18 Å². The molecular weight excluding hydrogens is 235 g/mol. The molecular formula is C10H6F3N3O. The molecule has 0 spiro atoms. The second kappa shape index (κ2) is 4.00. The van der Waals surface area contributed by atoms with Gasteiger partial charge in [0.25, 0.3) is 0 Å². The van der Waals surface area contributed by atoms with Crippen LogP contribution in [0.3, 0.4) is 0 Å². The van der Waals surface area contributed by atoms with Crippen LogP contribution >= 0.6 is 0 Å². The van der Waals surface area contributed by atoms with E-state index in [0.717, 1.165) is 23.4 Å². The van der Waals surface area contributed by atoms with E-state index in [1.807, 2.05) is 0 Å². The molecule has 0 atom stereocenters. The van der Waals surface area contributed by atoms with Crippen LogP contribution in [-0.4, -0.2) is 21.1 Å². The van der Waals surface area contributed by atoms with Crippen molar-refractivity contribution in [2.75, 3.05) is 0 Å². The monoisotopic (exact) mass is 241 g/mol. The molecule has 2 aromatic rings. The summed E-state index contributed by atoms with van der Waals surface area (Å²) in [6.45, 7) is 0. The third kappa shape index (κ3) is 2.17. The number of aldehydes is 1. The average molecular weight is 241 g/mol. The van der Waals surface area contributed by atoms with Crippen molar-refractivity contribution in [2.45, 2.75) is 6.18 Å². The molecule has 0 N–H and O–H groups in total. The smallest absolute Gasteiger partial charge is 0.298 e. The van der Waals surface area contributed by atoms with Crippen LogP contribution < -0.4 is 0 Å². The molecule has 0 saturated carbocycles. The highest BCUT2D eigenvalue weighted by Gasteiger charge is 2.34. The van der Waals surface area contributed by atoms with Gasteiger partial charge in [-0.2, -0.15) is 18.3 Å². The van der Waals surface area contributed by atoms with Crippen LogP contribution in [0.5, 0.6) is 0 Å². The molecule has 0 amide bonds. The van der Waals surface area contributed by atoms with Gasteiger partial charge in [0.2, 0.25) is 0 Å². The van der Waals surface area contributed by atoms with Gasteiger partial charge in [-0.3, -0.25) is 4.79 Å². The largest absolute Gasteiger partial charge is 0.418 e. The van der Waals surface area contributed by atoms with Crippen molar-refractivity contribution >= 4 is 6.29 Å². The van der Waals surface area contributed by atoms with E-state index in [4.69, 9.17) is 0 Å². The zero-order valence-electron chi connectivity index (χ0n) is 8.35. The molecule has 17 heavy (non-hydrogen) atoms. The zero-order valence-corrected chi connectivity index (χ0v) is 8.35. The number of halogens is 3. The van der Waals surface area contributed by atoms with E-state index in [1.54, 1.807) is 0 Å². The number of hydrogen-bond donors (Lipinski definition) is 0. The third-order valence-electron chi connectivity index (χ3n) is 2.13. The van der Waals surface area contributed by atoms with Gasteiger partial charge in [0.1, 0.15) is 18.9 Å². The minimum Gasteiger partial charge on any atom is -0.298 e. The lowest BCUT2D eigenvalue weighted by molar-refractivity contribution is -0.137. The van der Waals surface area contributed by atoms with Crippen molar-refractivity contribution < 1.29 is 18.0 Å². The van der Waals surface area contributed by atoms with Gasteiger partial charge >= 0.3 is 6.18 Å². The van der Waals surface area contributed by atoms with Crippen LogP contribution in [0.25, 0.3) is 5.69 Å².